The number of aromatic nitrogens is 2. The van der Waals surface area contributed by atoms with Gasteiger partial charge in [-0.1, -0.05) is 23.7 Å². The lowest BCUT2D eigenvalue weighted by atomic mass is 9.91. The lowest BCUT2D eigenvalue weighted by molar-refractivity contribution is -0.160. The number of hydrogen-bond donors (Lipinski definition) is 1. The van der Waals surface area contributed by atoms with Crippen LogP contribution < -0.4 is 10.2 Å². The van der Waals surface area contributed by atoms with Gasteiger partial charge in [0.25, 0.3) is 11.5 Å². The third-order valence-electron chi connectivity index (χ3n) is 6.88. The van der Waals surface area contributed by atoms with Gasteiger partial charge in [-0.25, -0.2) is 23.1 Å². The van der Waals surface area contributed by atoms with Crippen molar-refractivity contribution >= 4 is 29.1 Å². The molecule has 1 aromatic heterocycles. The molecular weight excluding hydrogens is 526 g/mol. The second kappa shape index (κ2) is 10.1. The summed E-state index contributed by atoms with van der Waals surface area (Å²) < 4.78 is 81.9. The van der Waals surface area contributed by atoms with Gasteiger partial charge in [0.2, 0.25) is 11.8 Å². The summed E-state index contributed by atoms with van der Waals surface area (Å²) >= 11 is 5.45. The number of amides is 2. The molecule has 0 saturated heterocycles. The first-order valence-electron chi connectivity index (χ1n) is 11.6. The first kappa shape index (κ1) is 27.2. The van der Waals surface area contributed by atoms with Crippen molar-refractivity contribution in [3.05, 3.63) is 54.1 Å². The fourth-order valence-electron chi connectivity index (χ4n) is 4.64. The lowest BCUT2D eigenvalue weighted by Crippen LogP contribution is -2.49. The van der Waals surface area contributed by atoms with Crippen LogP contribution in [0.4, 0.5) is 32.0 Å². The maximum atomic E-state index is 14.1. The third kappa shape index (κ3) is 5.68. The van der Waals surface area contributed by atoms with Gasteiger partial charge in [-0.3, -0.25) is 14.5 Å². The molecule has 2 aliphatic carbocycles. The van der Waals surface area contributed by atoms with Crippen LogP contribution in [-0.4, -0.2) is 45.6 Å². The van der Waals surface area contributed by atoms with Gasteiger partial charge in [-0.2, -0.15) is 13.2 Å². The molecular formula is C24H23ClF6N4O2. The number of hydrogen-bond acceptors (Lipinski definition) is 4. The SMILES string of the molecule is O=C(NC1CCC(F)(F)CC1)[C@@H](c1cncnc1)N(C(=O)[C@H](F)Cl)c1ccc(C2(C(F)(F)F)CC2)cc1. The van der Waals surface area contributed by atoms with Crippen molar-refractivity contribution in [2.75, 3.05) is 4.90 Å². The summed E-state index contributed by atoms with van der Waals surface area (Å²) in [6.45, 7) is 0. The standard InChI is InChI=1S/C24H23ClF6N4O2/c25-19(26)21(37)35(17-3-1-15(2-4-17)22(9-10-22)24(29,30)31)18(14-11-32-13-33-12-14)20(36)34-16-5-7-23(27,28)8-6-16/h1-4,11-13,16,18-19H,5-10H2,(H,34,36)/t18-,19+/m1/s1. The van der Waals surface area contributed by atoms with E-state index < -0.39 is 59.9 Å². The second-order valence-electron chi connectivity index (χ2n) is 9.35. The van der Waals surface area contributed by atoms with Crippen molar-refractivity contribution in [1.29, 1.82) is 0 Å². The first-order valence-corrected chi connectivity index (χ1v) is 12.0. The van der Waals surface area contributed by atoms with Crippen molar-refractivity contribution in [1.82, 2.24) is 15.3 Å². The van der Waals surface area contributed by atoms with Gasteiger partial charge in [0.05, 0.1) is 5.41 Å². The molecule has 2 aliphatic rings. The molecule has 13 heteroatoms. The van der Waals surface area contributed by atoms with E-state index in [1.165, 1.54) is 36.7 Å². The summed E-state index contributed by atoms with van der Waals surface area (Å²) in [5.74, 6) is -5.01. The van der Waals surface area contributed by atoms with Crippen LogP contribution in [0.2, 0.25) is 0 Å². The molecule has 0 aliphatic heterocycles. The van der Waals surface area contributed by atoms with Gasteiger partial charge in [-0.05, 0) is 43.4 Å². The maximum Gasteiger partial charge on any atom is 0.398 e. The molecule has 0 radical (unpaired) electrons. The van der Waals surface area contributed by atoms with E-state index in [4.69, 9.17) is 11.6 Å². The predicted molar refractivity (Wildman–Crippen MR) is 122 cm³/mol. The average Bonchev–Trinajstić information content (AvgIpc) is 3.66. The molecule has 0 spiro atoms. The number of anilines is 1. The Hall–Kier alpha value is -2.89. The van der Waals surface area contributed by atoms with Crippen molar-refractivity contribution in [2.45, 2.75) is 73.8 Å². The van der Waals surface area contributed by atoms with Gasteiger partial charge in [0.1, 0.15) is 12.4 Å². The molecule has 1 heterocycles. The Bertz CT molecular complexity index is 1120. The number of rotatable bonds is 7. The molecule has 4 rings (SSSR count). The molecule has 2 fully saturated rings. The molecule has 200 valence electrons. The smallest absolute Gasteiger partial charge is 0.351 e. The largest absolute Gasteiger partial charge is 0.398 e. The van der Waals surface area contributed by atoms with E-state index in [-0.39, 0.29) is 42.5 Å². The Morgan fingerprint density at radius 3 is 2.08 bits per heavy atom. The number of carbonyl (C=O) groups is 2. The number of alkyl halides is 7. The van der Waals surface area contributed by atoms with Crippen molar-refractivity contribution in [3.63, 3.8) is 0 Å². The Balaban J connectivity index is 1.69. The van der Waals surface area contributed by atoms with E-state index in [1.807, 2.05) is 0 Å². The molecule has 0 bridgehead atoms. The Labute approximate surface area is 213 Å². The van der Waals surface area contributed by atoms with Gasteiger partial charge in [0, 0.05) is 42.5 Å². The fourth-order valence-corrected chi connectivity index (χ4v) is 4.75. The van der Waals surface area contributed by atoms with E-state index in [0.717, 1.165) is 11.2 Å². The highest BCUT2D eigenvalue weighted by Gasteiger charge is 2.64. The predicted octanol–water partition coefficient (Wildman–Crippen LogP) is 5.37. The van der Waals surface area contributed by atoms with Crippen molar-refractivity contribution in [3.8, 4) is 0 Å². The zero-order valence-corrected chi connectivity index (χ0v) is 20.1. The highest BCUT2D eigenvalue weighted by molar-refractivity contribution is 6.32. The zero-order valence-electron chi connectivity index (χ0n) is 19.3. The van der Waals surface area contributed by atoms with Crippen LogP contribution in [-0.2, 0) is 15.0 Å². The number of nitrogens with zero attached hydrogens (tertiary/aromatic N) is 3. The minimum atomic E-state index is -4.47. The molecule has 1 aromatic carbocycles. The van der Waals surface area contributed by atoms with Crippen molar-refractivity contribution in [2.24, 2.45) is 0 Å². The van der Waals surface area contributed by atoms with Crippen LogP contribution in [0.3, 0.4) is 0 Å². The summed E-state index contributed by atoms with van der Waals surface area (Å²) in [6.07, 6.45) is -1.94. The highest BCUT2D eigenvalue weighted by atomic mass is 35.5. The maximum absolute atomic E-state index is 14.1. The molecule has 2 saturated carbocycles. The molecule has 2 amide bonds. The second-order valence-corrected chi connectivity index (χ2v) is 9.73. The quantitative estimate of drug-likeness (QED) is 0.373. The normalized spacial score (nSPS) is 20.5. The highest BCUT2D eigenvalue weighted by Crippen LogP contribution is 2.59. The van der Waals surface area contributed by atoms with Crippen molar-refractivity contribution < 1.29 is 35.9 Å². The third-order valence-corrected chi connectivity index (χ3v) is 7.07. The molecule has 2 aromatic rings. The van der Waals surface area contributed by atoms with Gasteiger partial charge < -0.3 is 5.32 Å². The Kier molecular flexibility index (Phi) is 7.42. The molecule has 1 N–H and O–H groups in total. The molecule has 0 unspecified atom stereocenters. The van der Waals surface area contributed by atoms with Gasteiger partial charge in [0.15, 0.2) is 0 Å². The van der Waals surface area contributed by atoms with Crippen LogP contribution in [0, 0.1) is 0 Å². The van der Waals surface area contributed by atoms with E-state index in [1.54, 1.807) is 0 Å². The summed E-state index contributed by atoms with van der Waals surface area (Å²) in [7, 11) is 0. The lowest BCUT2D eigenvalue weighted by Gasteiger charge is -2.34. The van der Waals surface area contributed by atoms with E-state index in [0.29, 0.717) is 0 Å². The van der Waals surface area contributed by atoms with Crippen LogP contribution in [0.25, 0.3) is 0 Å². The number of benzene rings is 1. The van der Waals surface area contributed by atoms with Crippen LogP contribution >= 0.6 is 11.6 Å². The summed E-state index contributed by atoms with van der Waals surface area (Å²) in [5.41, 5.74) is -4.62. The minimum Gasteiger partial charge on any atom is -0.351 e. The van der Waals surface area contributed by atoms with E-state index in [2.05, 4.69) is 15.3 Å². The minimum absolute atomic E-state index is 0.0137. The summed E-state index contributed by atoms with van der Waals surface area (Å²) in [5, 5.41) is 2.63. The van der Waals surface area contributed by atoms with Gasteiger partial charge >= 0.3 is 6.18 Å². The topological polar surface area (TPSA) is 75.2 Å². The number of nitrogens with one attached hydrogen (secondary N) is 1. The number of carbonyl (C=O) groups excluding carboxylic acids is 2. The van der Waals surface area contributed by atoms with E-state index >= 15 is 0 Å². The summed E-state index contributed by atoms with van der Waals surface area (Å²) in [6, 6.07) is 2.52. The summed E-state index contributed by atoms with van der Waals surface area (Å²) in [4.78, 5) is 34.7. The zero-order chi connectivity index (χ0) is 27.0. The van der Waals surface area contributed by atoms with E-state index in [9.17, 15) is 35.9 Å². The molecule has 2 atom stereocenters. The average molecular weight is 549 g/mol. The van der Waals surface area contributed by atoms with Crippen LogP contribution in [0.5, 0.6) is 0 Å². The van der Waals surface area contributed by atoms with Crippen LogP contribution in [0.1, 0.15) is 55.7 Å². The monoisotopic (exact) mass is 548 g/mol. The van der Waals surface area contributed by atoms with Crippen LogP contribution in [0.15, 0.2) is 43.0 Å². The fraction of sp³-hybridized carbons (Fsp3) is 0.500. The molecule has 37 heavy (non-hydrogen) atoms. The molecule has 6 nitrogen and oxygen atoms in total. The first-order chi connectivity index (χ1) is 17.3. The number of halogens is 7. The Morgan fingerprint density at radius 2 is 1.59 bits per heavy atom. The Morgan fingerprint density at radius 1 is 1.03 bits per heavy atom. The van der Waals surface area contributed by atoms with Gasteiger partial charge in [-0.15, -0.1) is 0 Å².